The molecule has 23 heavy (non-hydrogen) atoms. The summed E-state index contributed by atoms with van der Waals surface area (Å²) in [7, 11) is 0. The van der Waals surface area contributed by atoms with Crippen molar-refractivity contribution in [3.63, 3.8) is 0 Å². The first-order chi connectivity index (χ1) is 10.8. The van der Waals surface area contributed by atoms with Crippen LogP contribution in [0.1, 0.15) is 39.2 Å². The largest absolute Gasteiger partial charge is 0.479 e. The predicted molar refractivity (Wildman–Crippen MR) is 87.2 cm³/mol. The standard InChI is InChI=1S/C18H25NO4/c1-17(2,3)23-16(22)18(15(20)21)11-7-12-19(18)13-10-14-8-5-4-6-9-14/h4-6,8-9H,7,10-13H2,1-3H3,(H,20,21)/t18-/m0/s1. The van der Waals surface area contributed by atoms with Gasteiger partial charge in [-0.25, -0.2) is 9.59 Å². The molecule has 0 aliphatic carbocycles. The average Bonchev–Trinajstić information content (AvgIpc) is 2.89. The second kappa shape index (κ2) is 6.71. The Morgan fingerprint density at radius 3 is 2.48 bits per heavy atom. The van der Waals surface area contributed by atoms with Gasteiger partial charge in [-0.1, -0.05) is 30.3 Å². The fourth-order valence-corrected chi connectivity index (χ4v) is 3.01. The molecule has 1 saturated heterocycles. The summed E-state index contributed by atoms with van der Waals surface area (Å²) >= 11 is 0. The Kier molecular flexibility index (Phi) is 5.09. The molecule has 1 N–H and O–H groups in total. The smallest absolute Gasteiger partial charge is 0.338 e. The van der Waals surface area contributed by atoms with Crippen LogP contribution >= 0.6 is 0 Å². The molecule has 1 aliphatic rings. The molecule has 5 heteroatoms. The van der Waals surface area contributed by atoms with Crippen LogP contribution in [0, 0.1) is 0 Å². The molecular weight excluding hydrogens is 294 g/mol. The number of carbonyl (C=O) groups excluding carboxylic acids is 1. The summed E-state index contributed by atoms with van der Waals surface area (Å²) in [6.45, 7) is 6.38. The molecule has 0 unspecified atom stereocenters. The van der Waals surface area contributed by atoms with Gasteiger partial charge in [-0.2, -0.15) is 0 Å². The van der Waals surface area contributed by atoms with Crippen LogP contribution in [-0.4, -0.2) is 46.2 Å². The van der Waals surface area contributed by atoms with E-state index in [1.54, 1.807) is 25.7 Å². The van der Waals surface area contributed by atoms with Crippen LogP contribution in [0.15, 0.2) is 30.3 Å². The number of benzene rings is 1. The highest BCUT2D eigenvalue weighted by Gasteiger charge is 2.55. The van der Waals surface area contributed by atoms with E-state index in [1.165, 1.54) is 0 Å². The van der Waals surface area contributed by atoms with Crippen molar-refractivity contribution >= 4 is 11.9 Å². The number of rotatable bonds is 5. The minimum Gasteiger partial charge on any atom is -0.479 e. The number of ether oxygens (including phenoxy) is 1. The van der Waals surface area contributed by atoms with E-state index in [1.807, 2.05) is 30.3 Å². The molecule has 0 aromatic heterocycles. The van der Waals surface area contributed by atoms with Crippen LogP contribution in [0.4, 0.5) is 0 Å². The maximum atomic E-state index is 12.6. The maximum Gasteiger partial charge on any atom is 0.338 e. The highest BCUT2D eigenvalue weighted by Crippen LogP contribution is 2.32. The molecule has 0 radical (unpaired) electrons. The molecule has 126 valence electrons. The monoisotopic (exact) mass is 319 g/mol. The van der Waals surface area contributed by atoms with Crippen molar-refractivity contribution in [1.82, 2.24) is 4.90 Å². The molecule has 1 fully saturated rings. The van der Waals surface area contributed by atoms with Gasteiger partial charge in [0.05, 0.1) is 0 Å². The molecule has 1 aromatic rings. The first kappa shape index (κ1) is 17.5. The first-order valence-corrected chi connectivity index (χ1v) is 8.01. The molecule has 0 saturated carbocycles. The van der Waals surface area contributed by atoms with Gasteiger partial charge in [-0.15, -0.1) is 0 Å². The van der Waals surface area contributed by atoms with E-state index in [9.17, 15) is 14.7 Å². The maximum absolute atomic E-state index is 12.6. The van der Waals surface area contributed by atoms with Crippen molar-refractivity contribution in [1.29, 1.82) is 0 Å². The van der Waals surface area contributed by atoms with E-state index in [0.29, 0.717) is 32.4 Å². The molecule has 0 spiro atoms. The number of carboxylic acids is 1. The highest BCUT2D eigenvalue weighted by molar-refractivity contribution is 6.04. The van der Waals surface area contributed by atoms with Crippen molar-refractivity contribution < 1.29 is 19.4 Å². The fraction of sp³-hybridized carbons (Fsp3) is 0.556. The van der Waals surface area contributed by atoms with Gasteiger partial charge in [0.25, 0.3) is 0 Å². The van der Waals surface area contributed by atoms with Crippen molar-refractivity contribution in [2.75, 3.05) is 13.1 Å². The quantitative estimate of drug-likeness (QED) is 0.667. The van der Waals surface area contributed by atoms with Gasteiger partial charge in [0.15, 0.2) is 0 Å². The first-order valence-electron chi connectivity index (χ1n) is 8.01. The Labute approximate surface area is 137 Å². The van der Waals surface area contributed by atoms with Gasteiger partial charge in [0.1, 0.15) is 5.60 Å². The lowest BCUT2D eigenvalue weighted by atomic mass is 9.95. The van der Waals surface area contributed by atoms with E-state index in [-0.39, 0.29) is 0 Å². The Bertz CT molecular complexity index is 564. The van der Waals surface area contributed by atoms with Crippen LogP contribution < -0.4 is 0 Å². The molecule has 0 bridgehead atoms. The second-order valence-corrected chi connectivity index (χ2v) is 6.99. The van der Waals surface area contributed by atoms with E-state index >= 15 is 0 Å². The third kappa shape index (κ3) is 3.91. The molecule has 2 rings (SSSR count). The lowest BCUT2D eigenvalue weighted by molar-refractivity contribution is -0.177. The minimum absolute atomic E-state index is 0.298. The molecule has 0 amide bonds. The summed E-state index contributed by atoms with van der Waals surface area (Å²) in [5.41, 5.74) is -1.13. The zero-order valence-electron chi connectivity index (χ0n) is 14.0. The van der Waals surface area contributed by atoms with Gasteiger partial charge >= 0.3 is 11.9 Å². The number of likely N-dealkylation sites (tertiary alicyclic amines) is 1. The second-order valence-electron chi connectivity index (χ2n) is 6.99. The van der Waals surface area contributed by atoms with Gasteiger partial charge < -0.3 is 9.84 Å². The summed E-state index contributed by atoms with van der Waals surface area (Å²) in [5.74, 6) is -1.76. The van der Waals surface area contributed by atoms with Crippen LogP contribution in [0.5, 0.6) is 0 Å². The van der Waals surface area contributed by atoms with Crippen LogP contribution in [-0.2, 0) is 20.7 Å². The molecule has 1 aliphatic heterocycles. The van der Waals surface area contributed by atoms with E-state index in [0.717, 1.165) is 5.56 Å². The van der Waals surface area contributed by atoms with Gasteiger partial charge in [-0.05, 0) is 52.1 Å². The topological polar surface area (TPSA) is 66.8 Å². The Balaban J connectivity index is 2.16. The number of hydrogen-bond donors (Lipinski definition) is 1. The summed E-state index contributed by atoms with van der Waals surface area (Å²) in [6, 6.07) is 9.87. The number of esters is 1. The van der Waals surface area contributed by atoms with Gasteiger partial charge in [0, 0.05) is 6.54 Å². The Hall–Kier alpha value is -1.88. The number of aliphatic carboxylic acids is 1. The summed E-state index contributed by atoms with van der Waals surface area (Å²) < 4.78 is 5.41. The van der Waals surface area contributed by atoms with E-state index in [2.05, 4.69) is 0 Å². The van der Waals surface area contributed by atoms with Crippen molar-refractivity contribution in [3.8, 4) is 0 Å². The summed E-state index contributed by atoms with van der Waals surface area (Å²) in [6.07, 6.45) is 1.69. The lowest BCUT2D eigenvalue weighted by Crippen LogP contribution is -2.58. The number of nitrogens with zero attached hydrogens (tertiary/aromatic N) is 1. The fourth-order valence-electron chi connectivity index (χ4n) is 3.01. The number of carbonyl (C=O) groups is 2. The third-order valence-corrected chi connectivity index (χ3v) is 4.11. The zero-order chi connectivity index (χ0) is 17.1. The molecule has 1 heterocycles. The zero-order valence-corrected chi connectivity index (χ0v) is 14.0. The molecular formula is C18H25NO4. The predicted octanol–water partition coefficient (Wildman–Crippen LogP) is 2.49. The number of carboxylic acid groups (broad SMARTS) is 1. The minimum atomic E-state index is -1.55. The number of hydrogen-bond acceptors (Lipinski definition) is 4. The highest BCUT2D eigenvalue weighted by atomic mass is 16.6. The van der Waals surface area contributed by atoms with Crippen molar-refractivity contribution in [2.24, 2.45) is 0 Å². The van der Waals surface area contributed by atoms with Crippen molar-refractivity contribution in [3.05, 3.63) is 35.9 Å². The Morgan fingerprint density at radius 1 is 1.26 bits per heavy atom. The van der Waals surface area contributed by atoms with Crippen LogP contribution in [0.25, 0.3) is 0 Å². The molecule has 5 nitrogen and oxygen atoms in total. The van der Waals surface area contributed by atoms with Gasteiger partial charge in [-0.3, -0.25) is 4.90 Å². The lowest BCUT2D eigenvalue weighted by Gasteiger charge is -2.34. The molecule has 1 aromatic carbocycles. The van der Waals surface area contributed by atoms with Gasteiger partial charge in [0.2, 0.25) is 5.54 Å². The van der Waals surface area contributed by atoms with Crippen molar-refractivity contribution in [2.45, 2.75) is 51.2 Å². The SMILES string of the molecule is CC(C)(C)OC(=O)[C@@]1(C(=O)O)CCCN1CCc1ccccc1. The van der Waals surface area contributed by atoms with Crippen LogP contribution in [0.3, 0.4) is 0 Å². The van der Waals surface area contributed by atoms with E-state index in [4.69, 9.17) is 4.74 Å². The summed E-state index contributed by atoms with van der Waals surface area (Å²) in [5, 5.41) is 9.76. The normalized spacial score (nSPS) is 22.0. The third-order valence-electron chi connectivity index (χ3n) is 4.11. The Morgan fingerprint density at radius 2 is 1.91 bits per heavy atom. The average molecular weight is 319 g/mol. The van der Waals surface area contributed by atoms with Crippen LogP contribution in [0.2, 0.25) is 0 Å². The van der Waals surface area contributed by atoms with E-state index < -0.39 is 23.1 Å². The molecule has 1 atom stereocenters. The summed E-state index contributed by atoms with van der Waals surface area (Å²) in [4.78, 5) is 26.3.